The number of ether oxygens (including phenoxy) is 2. The molecule has 0 aliphatic rings. The van der Waals surface area contributed by atoms with Gasteiger partial charge in [0.05, 0.1) is 22.6 Å². The molecule has 27 heavy (non-hydrogen) atoms. The average Bonchev–Trinajstić information content (AvgIpc) is 2.65. The first-order chi connectivity index (χ1) is 12.8. The van der Waals surface area contributed by atoms with Crippen molar-refractivity contribution in [2.24, 2.45) is 0 Å². The lowest BCUT2D eigenvalue weighted by molar-refractivity contribution is -0.384. The number of halogens is 1. The molecule has 0 unspecified atom stereocenters. The molecule has 0 fully saturated rings. The normalized spacial score (nSPS) is 9.81. The van der Waals surface area contributed by atoms with Crippen LogP contribution in [0.15, 0.2) is 36.4 Å². The first kappa shape index (κ1) is 19.7. The van der Waals surface area contributed by atoms with Crippen LogP contribution in [-0.2, 0) is 9.53 Å². The largest absolute Gasteiger partial charge is 0.496 e. The molecule has 9 nitrogen and oxygen atoms in total. The van der Waals surface area contributed by atoms with Crippen LogP contribution < -0.4 is 10.1 Å². The maximum absolute atomic E-state index is 12.1. The highest BCUT2D eigenvalue weighted by Crippen LogP contribution is 2.25. The molecule has 0 bridgehead atoms. The van der Waals surface area contributed by atoms with Crippen molar-refractivity contribution in [3.63, 3.8) is 0 Å². The number of carbonyl (C=O) groups is 2. The Morgan fingerprint density at radius 2 is 2.04 bits per heavy atom. The van der Waals surface area contributed by atoms with Gasteiger partial charge in [-0.3, -0.25) is 14.9 Å². The molecule has 0 heterocycles. The van der Waals surface area contributed by atoms with Gasteiger partial charge in [0.2, 0.25) is 0 Å². The Labute approximate surface area is 158 Å². The van der Waals surface area contributed by atoms with Gasteiger partial charge in [0.25, 0.3) is 11.6 Å². The topological polar surface area (TPSA) is 132 Å². The molecule has 0 spiro atoms. The minimum Gasteiger partial charge on any atom is -0.496 e. The molecular weight excluding hydrogens is 378 g/mol. The van der Waals surface area contributed by atoms with Crippen LogP contribution >= 0.6 is 11.6 Å². The monoisotopic (exact) mass is 389 g/mol. The Morgan fingerprint density at radius 3 is 2.63 bits per heavy atom. The lowest BCUT2D eigenvalue weighted by Gasteiger charge is -2.09. The number of benzene rings is 2. The first-order valence-electron chi connectivity index (χ1n) is 7.34. The quantitative estimate of drug-likeness (QED) is 0.456. The Bertz CT molecular complexity index is 954. The number of nitriles is 1. The zero-order chi connectivity index (χ0) is 20.0. The Balaban J connectivity index is 2.04. The maximum atomic E-state index is 12.1. The van der Waals surface area contributed by atoms with E-state index in [1.807, 2.05) is 6.07 Å². The van der Waals surface area contributed by atoms with Gasteiger partial charge in [-0.15, -0.1) is 0 Å². The average molecular weight is 390 g/mol. The van der Waals surface area contributed by atoms with E-state index in [0.29, 0.717) is 5.69 Å². The zero-order valence-electron chi connectivity index (χ0n) is 13.9. The van der Waals surface area contributed by atoms with Crippen LogP contribution in [0.25, 0.3) is 0 Å². The Hall–Kier alpha value is -3.64. The fraction of sp³-hybridized carbons (Fsp3) is 0.118. The number of nitrogens with zero attached hydrogens (tertiary/aromatic N) is 2. The van der Waals surface area contributed by atoms with Crippen LogP contribution in [0.1, 0.15) is 15.9 Å². The van der Waals surface area contributed by atoms with Gasteiger partial charge >= 0.3 is 5.97 Å². The van der Waals surface area contributed by atoms with E-state index in [1.165, 1.54) is 37.4 Å². The summed E-state index contributed by atoms with van der Waals surface area (Å²) < 4.78 is 9.85. The van der Waals surface area contributed by atoms with Gasteiger partial charge in [0.1, 0.15) is 17.4 Å². The molecule has 10 heteroatoms. The van der Waals surface area contributed by atoms with E-state index >= 15 is 0 Å². The van der Waals surface area contributed by atoms with E-state index in [2.05, 4.69) is 5.32 Å². The van der Waals surface area contributed by atoms with E-state index in [9.17, 15) is 19.7 Å². The molecule has 0 aliphatic heterocycles. The standard InChI is InChI=1S/C17H12ClN3O6/c1-26-15-5-4-12(21(24)25)7-13(15)17(23)27-9-16(22)20-11-3-2-10(8-19)14(18)6-11/h2-7H,9H2,1H3,(H,20,22). The number of anilines is 1. The summed E-state index contributed by atoms with van der Waals surface area (Å²) in [5.74, 6) is -1.54. The van der Waals surface area contributed by atoms with Crippen LogP contribution in [0, 0.1) is 21.4 Å². The van der Waals surface area contributed by atoms with E-state index in [4.69, 9.17) is 26.3 Å². The third-order valence-corrected chi connectivity index (χ3v) is 3.63. The molecular formula is C17H12ClN3O6. The minimum atomic E-state index is -0.955. The SMILES string of the molecule is COc1ccc([N+](=O)[O-])cc1C(=O)OCC(=O)Nc1ccc(C#N)c(Cl)c1. The van der Waals surface area contributed by atoms with E-state index < -0.39 is 23.4 Å². The number of rotatable bonds is 6. The highest BCUT2D eigenvalue weighted by atomic mass is 35.5. The number of esters is 1. The third-order valence-electron chi connectivity index (χ3n) is 3.32. The Kier molecular flexibility index (Phi) is 6.30. The fourth-order valence-electron chi connectivity index (χ4n) is 2.06. The van der Waals surface area contributed by atoms with Gasteiger partial charge in [0.15, 0.2) is 6.61 Å². The number of amides is 1. The molecule has 0 atom stereocenters. The molecule has 0 radical (unpaired) electrons. The van der Waals surface area contributed by atoms with Crippen molar-refractivity contribution in [2.75, 3.05) is 19.0 Å². The lowest BCUT2D eigenvalue weighted by atomic mass is 10.2. The van der Waals surface area contributed by atoms with Crippen molar-refractivity contribution in [3.8, 4) is 11.8 Å². The number of carbonyl (C=O) groups excluding carboxylic acids is 2. The summed E-state index contributed by atoms with van der Waals surface area (Å²) in [5, 5.41) is 22.3. The van der Waals surface area contributed by atoms with Gasteiger partial charge in [-0.05, 0) is 24.3 Å². The highest BCUT2D eigenvalue weighted by molar-refractivity contribution is 6.32. The molecule has 1 N–H and O–H groups in total. The van der Waals surface area contributed by atoms with E-state index in [1.54, 1.807) is 0 Å². The summed E-state index contributed by atoms with van der Waals surface area (Å²) in [7, 11) is 1.29. The smallest absolute Gasteiger partial charge is 0.342 e. The number of hydrogen-bond acceptors (Lipinski definition) is 7. The van der Waals surface area contributed by atoms with Gasteiger partial charge in [0, 0.05) is 17.8 Å². The number of non-ortho nitro benzene ring substituents is 1. The van der Waals surface area contributed by atoms with Crippen molar-refractivity contribution in [3.05, 3.63) is 62.7 Å². The summed E-state index contributed by atoms with van der Waals surface area (Å²) >= 11 is 5.87. The number of hydrogen-bond donors (Lipinski definition) is 1. The maximum Gasteiger partial charge on any atom is 0.342 e. The minimum absolute atomic E-state index is 0.0740. The first-order valence-corrected chi connectivity index (χ1v) is 7.72. The van der Waals surface area contributed by atoms with Gasteiger partial charge in [-0.2, -0.15) is 5.26 Å². The van der Waals surface area contributed by atoms with Crippen molar-refractivity contribution in [1.29, 1.82) is 5.26 Å². The number of nitrogens with one attached hydrogen (secondary N) is 1. The second-order valence-corrected chi connectivity index (χ2v) is 5.48. The van der Waals surface area contributed by atoms with Crippen molar-refractivity contribution >= 4 is 34.9 Å². The number of nitro benzene ring substituents is 1. The van der Waals surface area contributed by atoms with Crippen LogP contribution in [0.4, 0.5) is 11.4 Å². The third kappa shape index (κ3) is 4.93. The van der Waals surface area contributed by atoms with Crippen LogP contribution in [0.3, 0.4) is 0 Å². The van der Waals surface area contributed by atoms with Crippen molar-refractivity contribution in [1.82, 2.24) is 0 Å². The zero-order valence-corrected chi connectivity index (χ0v) is 14.6. The molecule has 0 saturated carbocycles. The summed E-state index contributed by atoms with van der Waals surface area (Å²) in [4.78, 5) is 34.2. The van der Waals surface area contributed by atoms with Crippen LogP contribution in [0.2, 0.25) is 5.02 Å². The molecule has 2 aromatic carbocycles. The van der Waals surface area contributed by atoms with Gasteiger partial charge < -0.3 is 14.8 Å². The second-order valence-electron chi connectivity index (χ2n) is 5.07. The molecule has 138 valence electrons. The van der Waals surface area contributed by atoms with Gasteiger partial charge in [-0.25, -0.2) is 4.79 Å². The van der Waals surface area contributed by atoms with Crippen molar-refractivity contribution < 1.29 is 24.0 Å². The van der Waals surface area contributed by atoms with E-state index in [-0.39, 0.29) is 27.6 Å². The predicted octanol–water partition coefficient (Wildman–Crippen LogP) is 2.92. The molecule has 0 aromatic heterocycles. The fourth-order valence-corrected chi connectivity index (χ4v) is 2.28. The van der Waals surface area contributed by atoms with Crippen LogP contribution in [-0.4, -0.2) is 30.5 Å². The number of nitro groups is 1. The molecule has 1 amide bonds. The van der Waals surface area contributed by atoms with Gasteiger partial charge in [-0.1, -0.05) is 11.6 Å². The molecule has 0 saturated heterocycles. The van der Waals surface area contributed by atoms with Crippen molar-refractivity contribution in [2.45, 2.75) is 0 Å². The summed E-state index contributed by atoms with van der Waals surface area (Å²) in [6, 6.07) is 9.59. The molecule has 2 rings (SSSR count). The number of methoxy groups -OCH3 is 1. The summed E-state index contributed by atoms with van der Waals surface area (Å²) in [6.07, 6.45) is 0. The summed E-state index contributed by atoms with van der Waals surface area (Å²) in [6.45, 7) is -0.637. The van der Waals surface area contributed by atoms with Crippen LogP contribution in [0.5, 0.6) is 5.75 Å². The highest BCUT2D eigenvalue weighted by Gasteiger charge is 2.19. The Morgan fingerprint density at radius 1 is 1.30 bits per heavy atom. The van der Waals surface area contributed by atoms with E-state index in [0.717, 1.165) is 6.07 Å². The molecule has 2 aromatic rings. The summed E-state index contributed by atoms with van der Waals surface area (Å²) in [5.41, 5.74) is 0.0622. The second kappa shape index (κ2) is 8.64. The lowest BCUT2D eigenvalue weighted by Crippen LogP contribution is -2.21. The predicted molar refractivity (Wildman–Crippen MR) is 94.7 cm³/mol. The molecule has 0 aliphatic carbocycles.